The third-order valence-corrected chi connectivity index (χ3v) is 2.32. The van der Waals surface area contributed by atoms with Crippen LogP contribution in [0.25, 0.3) is 5.82 Å². The summed E-state index contributed by atoms with van der Waals surface area (Å²) in [6.07, 6.45) is 4.82. The summed E-state index contributed by atoms with van der Waals surface area (Å²) >= 11 is 3.24. The van der Waals surface area contributed by atoms with Gasteiger partial charge in [0, 0.05) is 5.92 Å². The average Bonchev–Trinajstić information content (AvgIpc) is 2.67. The minimum Gasteiger partial charge on any atom is -0.244 e. The van der Waals surface area contributed by atoms with E-state index in [1.165, 1.54) is 6.33 Å². The molecule has 0 saturated carbocycles. The third kappa shape index (κ3) is 2.04. The summed E-state index contributed by atoms with van der Waals surface area (Å²) in [5.41, 5.74) is 0. The maximum atomic E-state index is 4.21. The quantitative estimate of drug-likeness (QED) is 0.835. The second-order valence-electron chi connectivity index (χ2n) is 3.38. The Morgan fingerprint density at radius 1 is 1.20 bits per heavy atom. The van der Waals surface area contributed by atoms with Gasteiger partial charge in [0.05, 0.1) is 12.4 Å². The lowest BCUT2D eigenvalue weighted by Gasteiger charge is -2.06. The molecule has 6 heteroatoms. The summed E-state index contributed by atoms with van der Waals surface area (Å²) in [5.74, 6) is 1.86. The molecular weight excluding hydrogens is 258 g/mol. The lowest BCUT2D eigenvalue weighted by Crippen LogP contribution is -2.06. The summed E-state index contributed by atoms with van der Waals surface area (Å²) in [5, 5.41) is 4.13. The van der Waals surface area contributed by atoms with Gasteiger partial charge in [-0.25, -0.2) is 15.0 Å². The maximum absolute atomic E-state index is 4.21. The van der Waals surface area contributed by atoms with Gasteiger partial charge in [-0.3, -0.25) is 0 Å². The molecule has 0 aliphatic rings. The molecule has 0 fully saturated rings. The molecule has 78 valence electrons. The van der Waals surface area contributed by atoms with Crippen molar-refractivity contribution in [1.82, 2.24) is 24.7 Å². The zero-order valence-corrected chi connectivity index (χ0v) is 10.0. The summed E-state index contributed by atoms with van der Waals surface area (Å²) in [4.78, 5) is 12.5. The predicted octanol–water partition coefficient (Wildman–Crippen LogP) is 1.94. The van der Waals surface area contributed by atoms with E-state index in [0.717, 1.165) is 5.82 Å². The normalized spacial score (nSPS) is 10.9. The van der Waals surface area contributed by atoms with Gasteiger partial charge in [-0.2, -0.15) is 9.78 Å². The lowest BCUT2D eigenvalue weighted by molar-refractivity contribution is 0.699. The summed E-state index contributed by atoms with van der Waals surface area (Å²) in [7, 11) is 0. The number of hydrogen-bond donors (Lipinski definition) is 0. The Kier molecular flexibility index (Phi) is 2.77. The molecule has 2 aromatic heterocycles. The van der Waals surface area contributed by atoms with Crippen LogP contribution >= 0.6 is 15.9 Å². The van der Waals surface area contributed by atoms with Crippen molar-refractivity contribution in [1.29, 1.82) is 0 Å². The molecule has 15 heavy (non-hydrogen) atoms. The van der Waals surface area contributed by atoms with E-state index in [1.54, 1.807) is 17.1 Å². The maximum Gasteiger partial charge on any atom is 0.174 e. The van der Waals surface area contributed by atoms with Crippen LogP contribution in [0.15, 0.2) is 23.3 Å². The molecule has 0 bridgehead atoms. The molecule has 0 N–H and O–H groups in total. The first kappa shape index (κ1) is 10.2. The standard InChI is InChI=1S/C9H10BrN5/c1-6(2)9-13-5-14-15(9)8-4-11-7(10)3-12-8/h3-6H,1-2H3. The Morgan fingerprint density at radius 2 is 2.00 bits per heavy atom. The van der Waals surface area contributed by atoms with E-state index in [0.29, 0.717) is 16.3 Å². The van der Waals surface area contributed by atoms with Crippen LogP contribution in [0, 0.1) is 0 Å². The van der Waals surface area contributed by atoms with E-state index in [4.69, 9.17) is 0 Å². The first-order valence-electron chi connectivity index (χ1n) is 4.56. The molecule has 2 aromatic rings. The van der Waals surface area contributed by atoms with Crippen molar-refractivity contribution in [3.8, 4) is 5.82 Å². The first-order valence-corrected chi connectivity index (χ1v) is 5.35. The summed E-state index contributed by atoms with van der Waals surface area (Å²) in [6.45, 7) is 4.12. The smallest absolute Gasteiger partial charge is 0.174 e. The third-order valence-electron chi connectivity index (χ3n) is 1.91. The van der Waals surface area contributed by atoms with Crippen molar-refractivity contribution >= 4 is 15.9 Å². The van der Waals surface area contributed by atoms with Gasteiger partial charge in [-0.05, 0) is 15.9 Å². The number of aromatic nitrogens is 5. The van der Waals surface area contributed by atoms with Crippen molar-refractivity contribution in [2.75, 3.05) is 0 Å². The fraction of sp³-hybridized carbons (Fsp3) is 0.333. The van der Waals surface area contributed by atoms with Gasteiger partial charge in [0.25, 0.3) is 0 Å². The summed E-state index contributed by atoms with van der Waals surface area (Å²) < 4.78 is 2.40. The molecule has 5 nitrogen and oxygen atoms in total. The van der Waals surface area contributed by atoms with Gasteiger partial charge in [0.2, 0.25) is 0 Å². The van der Waals surface area contributed by atoms with Crippen LogP contribution < -0.4 is 0 Å². The highest BCUT2D eigenvalue weighted by molar-refractivity contribution is 9.10. The predicted molar refractivity (Wildman–Crippen MR) is 58.7 cm³/mol. The van der Waals surface area contributed by atoms with Crippen LogP contribution in [0.4, 0.5) is 0 Å². The molecule has 0 atom stereocenters. The first-order chi connectivity index (χ1) is 7.18. The van der Waals surface area contributed by atoms with Crippen molar-refractivity contribution in [3.05, 3.63) is 29.1 Å². The van der Waals surface area contributed by atoms with Gasteiger partial charge in [-0.15, -0.1) is 0 Å². The molecule has 0 amide bonds. The van der Waals surface area contributed by atoms with Crippen molar-refractivity contribution < 1.29 is 0 Å². The van der Waals surface area contributed by atoms with Crippen molar-refractivity contribution in [2.24, 2.45) is 0 Å². The van der Waals surface area contributed by atoms with Crippen LogP contribution in [-0.2, 0) is 0 Å². The van der Waals surface area contributed by atoms with Crippen LogP contribution in [0.2, 0.25) is 0 Å². The second-order valence-corrected chi connectivity index (χ2v) is 4.19. The van der Waals surface area contributed by atoms with Gasteiger partial charge in [0.15, 0.2) is 5.82 Å². The molecule has 0 spiro atoms. The van der Waals surface area contributed by atoms with Crippen molar-refractivity contribution in [2.45, 2.75) is 19.8 Å². The zero-order chi connectivity index (χ0) is 10.8. The topological polar surface area (TPSA) is 56.5 Å². The number of hydrogen-bond acceptors (Lipinski definition) is 4. The SMILES string of the molecule is CC(C)c1ncnn1-c1cnc(Br)cn1. The highest BCUT2D eigenvalue weighted by atomic mass is 79.9. The molecule has 0 saturated heterocycles. The van der Waals surface area contributed by atoms with Gasteiger partial charge < -0.3 is 0 Å². The van der Waals surface area contributed by atoms with Crippen LogP contribution in [0.1, 0.15) is 25.6 Å². The number of rotatable bonds is 2. The van der Waals surface area contributed by atoms with Crippen molar-refractivity contribution in [3.63, 3.8) is 0 Å². The molecule has 2 heterocycles. The van der Waals surface area contributed by atoms with E-state index < -0.39 is 0 Å². The monoisotopic (exact) mass is 267 g/mol. The Hall–Kier alpha value is -1.30. The molecule has 0 aliphatic heterocycles. The number of nitrogens with zero attached hydrogens (tertiary/aromatic N) is 5. The van der Waals surface area contributed by atoms with Crippen LogP contribution in [0.5, 0.6) is 0 Å². The van der Waals surface area contributed by atoms with Gasteiger partial charge >= 0.3 is 0 Å². The van der Waals surface area contributed by atoms with Crippen LogP contribution in [0.3, 0.4) is 0 Å². The number of halogens is 1. The lowest BCUT2D eigenvalue weighted by atomic mass is 10.2. The Bertz CT molecular complexity index is 448. The highest BCUT2D eigenvalue weighted by Gasteiger charge is 2.10. The fourth-order valence-corrected chi connectivity index (χ4v) is 1.44. The van der Waals surface area contributed by atoms with Gasteiger partial charge in [0.1, 0.15) is 16.8 Å². The fourth-order valence-electron chi connectivity index (χ4n) is 1.24. The molecule has 0 aliphatic carbocycles. The highest BCUT2D eigenvalue weighted by Crippen LogP contribution is 2.14. The Balaban J connectivity index is 2.45. The zero-order valence-electron chi connectivity index (χ0n) is 8.42. The largest absolute Gasteiger partial charge is 0.244 e. The van der Waals surface area contributed by atoms with E-state index in [1.807, 2.05) is 0 Å². The van der Waals surface area contributed by atoms with E-state index in [9.17, 15) is 0 Å². The Morgan fingerprint density at radius 3 is 2.60 bits per heavy atom. The molecular formula is C9H10BrN5. The van der Waals surface area contributed by atoms with Gasteiger partial charge in [-0.1, -0.05) is 13.8 Å². The average molecular weight is 268 g/mol. The van der Waals surface area contributed by atoms with E-state index in [-0.39, 0.29) is 0 Å². The minimum atomic E-state index is 0.304. The molecule has 0 radical (unpaired) electrons. The summed E-state index contributed by atoms with van der Waals surface area (Å²) in [6, 6.07) is 0. The molecule has 2 rings (SSSR count). The molecule has 0 unspecified atom stereocenters. The second kappa shape index (κ2) is 4.06. The van der Waals surface area contributed by atoms with E-state index in [2.05, 4.69) is 49.8 Å². The minimum absolute atomic E-state index is 0.304. The Labute approximate surface area is 95.7 Å². The van der Waals surface area contributed by atoms with E-state index >= 15 is 0 Å². The molecule has 0 aromatic carbocycles. The van der Waals surface area contributed by atoms with Crippen LogP contribution in [-0.4, -0.2) is 24.7 Å².